The fourth-order valence-corrected chi connectivity index (χ4v) is 6.20. The molecule has 2 heterocycles. The van der Waals surface area contributed by atoms with Crippen LogP contribution >= 0.6 is 0 Å². The number of carbonyl (C=O) groups is 2. The molecule has 3 unspecified atom stereocenters. The molecule has 34 heavy (non-hydrogen) atoms. The molecule has 178 valence electrons. The van der Waals surface area contributed by atoms with Crippen LogP contribution in [0.5, 0.6) is 0 Å². The van der Waals surface area contributed by atoms with Crippen molar-refractivity contribution >= 4 is 11.8 Å². The van der Waals surface area contributed by atoms with E-state index in [0.717, 1.165) is 37.9 Å². The Morgan fingerprint density at radius 1 is 0.794 bits per heavy atom. The van der Waals surface area contributed by atoms with Crippen LogP contribution in [0.25, 0.3) is 0 Å². The van der Waals surface area contributed by atoms with E-state index in [4.69, 9.17) is 0 Å². The van der Waals surface area contributed by atoms with Crippen molar-refractivity contribution < 1.29 is 9.59 Å². The lowest BCUT2D eigenvalue weighted by Gasteiger charge is -2.46. The van der Waals surface area contributed by atoms with Crippen molar-refractivity contribution in [1.29, 1.82) is 0 Å². The lowest BCUT2D eigenvalue weighted by Crippen LogP contribution is -2.69. The molecule has 2 aromatic carbocycles. The summed E-state index contributed by atoms with van der Waals surface area (Å²) in [6.45, 7) is 2.89. The van der Waals surface area contributed by atoms with Gasteiger partial charge in [0, 0.05) is 37.8 Å². The first-order chi connectivity index (χ1) is 16.7. The largest absolute Gasteiger partial charge is 0.336 e. The molecule has 2 amide bonds. The number of amides is 2. The third-order valence-electron chi connectivity index (χ3n) is 8.32. The molecule has 2 saturated carbocycles. The molecule has 0 spiro atoms. The average Bonchev–Trinajstić information content (AvgIpc) is 3.70. The molecular weight excluding hydrogens is 424 g/mol. The van der Waals surface area contributed by atoms with Gasteiger partial charge < -0.3 is 10.2 Å². The second-order valence-corrected chi connectivity index (χ2v) is 10.4. The van der Waals surface area contributed by atoms with Crippen molar-refractivity contribution in [3.05, 3.63) is 71.3 Å². The SMILES string of the molecule is O=C1NC(N2CCN(C(=O)c3ccc([C@@H]4C[C@@H]4c4ccccc4)cc3)CC2)NC2CCCCC12. The molecule has 4 aliphatic rings. The number of nitrogens with one attached hydrogen (secondary N) is 2. The second-order valence-electron chi connectivity index (χ2n) is 10.4. The van der Waals surface area contributed by atoms with Crippen LogP contribution < -0.4 is 10.6 Å². The predicted octanol–water partition coefficient (Wildman–Crippen LogP) is 3.28. The van der Waals surface area contributed by atoms with E-state index in [1.54, 1.807) is 0 Å². The fraction of sp³-hybridized carbons (Fsp3) is 0.500. The van der Waals surface area contributed by atoms with E-state index in [9.17, 15) is 9.59 Å². The molecule has 4 fully saturated rings. The molecule has 0 radical (unpaired) electrons. The molecule has 5 atom stereocenters. The Hall–Kier alpha value is -2.70. The van der Waals surface area contributed by atoms with Gasteiger partial charge in [-0.2, -0.15) is 0 Å². The van der Waals surface area contributed by atoms with Crippen LogP contribution in [0.15, 0.2) is 54.6 Å². The molecule has 2 saturated heterocycles. The van der Waals surface area contributed by atoms with Crippen LogP contribution in [0.4, 0.5) is 0 Å². The van der Waals surface area contributed by atoms with Crippen molar-refractivity contribution in [2.45, 2.75) is 56.3 Å². The number of carbonyl (C=O) groups excluding carboxylic acids is 2. The van der Waals surface area contributed by atoms with Crippen LogP contribution in [-0.4, -0.2) is 60.1 Å². The van der Waals surface area contributed by atoms with E-state index in [-0.39, 0.29) is 24.0 Å². The van der Waals surface area contributed by atoms with Gasteiger partial charge in [-0.3, -0.25) is 19.8 Å². The topological polar surface area (TPSA) is 64.7 Å². The quantitative estimate of drug-likeness (QED) is 0.738. The molecular formula is C28H34N4O2. The minimum Gasteiger partial charge on any atom is -0.336 e. The van der Waals surface area contributed by atoms with Crippen LogP contribution in [-0.2, 0) is 4.79 Å². The lowest BCUT2D eigenvalue weighted by molar-refractivity contribution is -0.134. The van der Waals surface area contributed by atoms with Gasteiger partial charge in [0.15, 0.2) is 0 Å². The number of hydrogen-bond acceptors (Lipinski definition) is 4. The first-order valence-corrected chi connectivity index (χ1v) is 12.9. The monoisotopic (exact) mass is 458 g/mol. The summed E-state index contributed by atoms with van der Waals surface area (Å²) < 4.78 is 0. The molecule has 0 aromatic heterocycles. The molecule has 2 aliphatic heterocycles. The Morgan fingerprint density at radius 2 is 1.47 bits per heavy atom. The van der Waals surface area contributed by atoms with E-state index < -0.39 is 0 Å². The summed E-state index contributed by atoms with van der Waals surface area (Å²) in [4.78, 5) is 29.9. The zero-order valence-corrected chi connectivity index (χ0v) is 19.7. The van der Waals surface area contributed by atoms with Gasteiger partial charge in [-0.25, -0.2) is 0 Å². The molecule has 2 N–H and O–H groups in total. The highest BCUT2D eigenvalue weighted by atomic mass is 16.2. The van der Waals surface area contributed by atoms with Crippen molar-refractivity contribution in [2.24, 2.45) is 5.92 Å². The van der Waals surface area contributed by atoms with Gasteiger partial charge in [-0.1, -0.05) is 55.3 Å². The zero-order valence-electron chi connectivity index (χ0n) is 19.7. The number of fused-ring (bicyclic) bond motifs is 1. The zero-order chi connectivity index (χ0) is 23.1. The first-order valence-electron chi connectivity index (χ1n) is 12.9. The third kappa shape index (κ3) is 4.25. The minimum absolute atomic E-state index is 0.106. The number of benzene rings is 2. The summed E-state index contributed by atoms with van der Waals surface area (Å²) in [6, 6.07) is 19.3. The molecule has 0 bridgehead atoms. The van der Waals surface area contributed by atoms with Gasteiger partial charge in [0.1, 0.15) is 6.29 Å². The summed E-state index contributed by atoms with van der Waals surface area (Å²) >= 11 is 0. The van der Waals surface area contributed by atoms with Crippen molar-refractivity contribution in [2.75, 3.05) is 26.2 Å². The van der Waals surface area contributed by atoms with Crippen LogP contribution in [0, 0.1) is 5.92 Å². The average molecular weight is 459 g/mol. The number of rotatable bonds is 4. The highest BCUT2D eigenvalue weighted by Crippen LogP contribution is 2.54. The molecule has 2 aliphatic carbocycles. The highest BCUT2D eigenvalue weighted by Gasteiger charge is 2.41. The lowest BCUT2D eigenvalue weighted by atomic mass is 9.82. The minimum atomic E-state index is -0.112. The molecule has 6 rings (SSSR count). The van der Waals surface area contributed by atoms with Gasteiger partial charge in [0.25, 0.3) is 5.91 Å². The van der Waals surface area contributed by atoms with E-state index in [1.165, 1.54) is 24.0 Å². The van der Waals surface area contributed by atoms with Crippen molar-refractivity contribution in [1.82, 2.24) is 20.4 Å². The number of nitrogens with zero attached hydrogens (tertiary/aromatic N) is 2. The summed E-state index contributed by atoms with van der Waals surface area (Å²) in [5.41, 5.74) is 3.51. The third-order valence-corrected chi connectivity index (χ3v) is 8.32. The van der Waals surface area contributed by atoms with E-state index in [2.05, 4.69) is 58.0 Å². The number of hydrogen-bond donors (Lipinski definition) is 2. The summed E-state index contributed by atoms with van der Waals surface area (Å²) in [6.07, 6.45) is 5.49. The molecule has 2 aromatic rings. The van der Waals surface area contributed by atoms with Gasteiger partial charge >= 0.3 is 0 Å². The Balaban J connectivity index is 1.03. The van der Waals surface area contributed by atoms with E-state index in [1.807, 2.05) is 17.0 Å². The maximum Gasteiger partial charge on any atom is 0.253 e. The van der Waals surface area contributed by atoms with Crippen molar-refractivity contribution in [3.8, 4) is 0 Å². The predicted molar refractivity (Wildman–Crippen MR) is 131 cm³/mol. The van der Waals surface area contributed by atoms with E-state index >= 15 is 0 Å². The van der Waals surface area contributed by atoms with Gasteiger partial charge in [0.2, 0.25) is 5.91 Å². The normalized spacial score (nSPS) is 31.5. The molecule has 6 nitrogen and oxygen atoms in total. The Morgan fingerprint density at radius 3 is 2.21 bits per heavy atom. The summed E-state index contributed by atoms with van der Waals surface area (Å²) in [7, 11) is 0. The summed E-state index contributed by atoms with van der Waals surface area (Å²) in [5.74, 6) is 1.59. The summed E-state index contributed by atoms with van der Waals surface area (Å²) in [5, 5.41) is 6.83. The smallest absolute Gasteiger partial charge is 0.253 e. The number of piperazine rings is 1. The van der Waals surface area contributed by atoms with Crippen molar-refractivity contribution in [3.63, 3.8) is 0 Å². The van der Waals surface area contributed by atoms with Gasteiger partial charge in [0.05, 0.1) is 5.92 Å². The maximum atomic E-state index is 13.1. The van der Waals surface area contributed by atoms with Crippen LogP contribution in [0.2, 0.25) is 0 Å². The highest BCUT2D eigenvalue weighted by molar-refractivity contribution is 5.94. The fourth-order valence-electron chi connectivity index (χ4n) is 6.20. The van der Waals surface area contributed by atoms with Crippen LogP contribution in [0.1, 0.15) is 65.4 Å². The molecule has 6 heteroatoms. The maximum absolute atomic E-state index is 13.1. The standard InChI is InChI=1S/C28H34N4O2/c33-26-22-8-4-5-9-25(22)29-28(30-26)32-16-14-31(15-17-32)27(34)21-12-10-20(11-13-21)24-18-23(24)19-6-2-1-3-7-19/h1-3,6-7,10-13,22-25,28-29H,4-5,8-9,14-18H2,(H,30,33)/t22?,23-,24+,25?,28?/m1/s1. The Bertz CT molecular complexity index is 1030. The second kappa shape index (κ2) is 9.16. The Labute approximate surface area is 201 Å². The Kier molecular flexibility index (Phi) is 5.87. The van der Waals surface area contributed by atoms with Crippen LogP contribution in [0.3, 0.4) is 0 Å². The van der Waals surface area contributed by atoms with Gasteiger partial charge in [-0.05, 0) is 54.4 Å². The first kappa shape index (κ1) is 21.8. The van der Waals surface area contributed by atoms with E-state index in [0.29, 0.717) is 31.0 Å². The van der Waals surface area contributed by atoms with Gasteiger partial charge in [-0.15, -0.1) is 0 Å².